The summed E-state index contributed by atoms with van der Waals surface area (Å²) in [6.45, 7) is 11.7. The Morgan fingerprint density at radius 1 is 1.10 bits per heavy atom. The van der Waals surface area contributed by atoms with Crippen molar-refractivity contribution in [3.63, 3.8) is 0 Å². The van der Waals surface area contributed by atoms with E-state index in [9.17, 15) is 9.90 Å². The topological polar surface area (TPSA) is 114 Å². The quantitative estimate of drug-likeness (QED) is 0.300. The van der Waals surface area contributed by atoms with Crippen molar-refractivity contribution >= 4 is 17.4 Å². The van der Waals surface area contributed by atoms with Gasteiger partial charge in [0.15, 0.2) is 11.6 Å². The van der Waals surface area contributed by atoms with Crippen LogP contribution in [-0.4, -0.2) is 65.0 Å². The first kappa shape index (κ1) is 27.7. The summed E-state index contributed by atoms with van der Waals surface area (Å²) in [7, 11) is 0. The summed E-state index contributed by atoms with van der Waals surface area (Å²) in [5, 5.41) is 21.7. The number of nitrogens with zero attached hydrogens (tertiary/aromatic N) is 7. The fourth-order valence-electron chi connectivity index (χ4n) is 5.00. The molecule has 0 aliphatic carbocycles. The maximum absolute atomic E-state index is 12.8. The van der Waals surface area contributed by atoms with Crippen LogP contribution >= 0.6 is 0 Å². The minimum Gasteiger partial charge on any atom is -0.395 e. The third kappa shape index (κ3) is 6.46. The van der Waals surface area contributed by atoms with Crippen molar-refractivity contribution in [3.8, 4) is 11.3 Å². The zero-order valence-electron chi connectivity index (χ0n) is 23.8. The monoisotopic (exact) mass is 542 g/mol. The zero-order valence-corrected chi connectivity index (χ0v) is 23.8. The molecule has 1 aliphatic rings. The van der Waals surface area contributed by atoms with Crippen LogP contribution in [0.4, 0.5) is 11.6 Å². The predicted octanol–water partition coefficient (Wildman–Crippen LogP) is 4.36. The average Bonchev–Trinajstić information content (AvgIpc) is 3.52. The van der Waals surface area contributed by atoms with Gasteiger partial charge in [0.25, 0.3) is 0 Å². The molecule has 5 rings (SSSR count). The van der Waals surface area contributed by atoms with Crippen LogP contribution in [0.2, 0.25) is 0 Å². The van der Waals surface area contributed by atoms with Crippen LogP contribution < -0.4 is 5.32 Å². The number of carbonyl (C=O) groups is 1. The average molecular weight is 543 g/mol. The van der Waals surface area contributed by atoms with Crippen LogP contribution in [0.25, 0.3) is 11.3 Å². The highest BCUT2D eigenvalue weighted by atomic mass is 16.3. The molecule has 10 nitrogen and oxygen atoms in total. The number of Topliss-reactive ketones (excluding diaryl/α,β-unsaturated/α-hetero) is 1. The number of fused-ring (bicyclic) bond motifs is 1. The second-order valence-corrected chi connectivity index (χ2v) is 11.4. The maximum Gasteiger partial charge on any atom is 0.166 e. The van der Waals surface area contributed by atoms with Crippen LogP contribution in [-0.2, 0) is 25.0 Å². The van der Waals surface area contributed by atoms with Crippen LogP contribution in [0.15, 0.2) is 49.1 Å². The van der Waals surface area contributed by atoms with E-state index < -0.39 is 0 Å². The van der Waals surface area contributed by atoms with Crippen molar-refractivity contribution < 1.29 is 9.90 Å². The van der Waals surface area contributed by atoms with Gasteiger partial charge in [-0.15, -0.1) is 0 Å². The van der Waals surface area contributed by atoms with Gasteiger partial charge in [-0.1, -0.05) is 12.1 Å². The van der Waals surface area contributed by atoms with Gasteiger partial charge in [0, 0.05) is 56.5 Å². The number of aliphatic hydroxyl groups is 1. The fourth-order valence-corrected chi connectivity index (χ4v) is 5.00. The Kier molecular flexibility index (Phi) is 8.09. The van der Waals surface area contributed by atoms with E-state index in [0.29, 0.717) is 30.8 Å². The first-order valence-corrected chi connectivity index (χ1v) is 13.9. The van der Waals surface area contributed by atoms with Gasteiger partial charge in [-0.25, -0.2) is 9.97 Å². The van der Waals surface area contributed by atoms with E-state index in [4.69, 9.17) is 5.10 Å². The molecule has 10 heteroatoms. The number of aryl methyl sites for hydroxylation is 3. The summed E-state index contributed by atoms with van der Waals surface area (Å²) in [5.74, 6) is 1.52. The predicted molar refractivity (Wildman–Crippen MR) is 155 cm³/mol. The number of benzene rings is 1. The molecule has 4 aromatic rings. The molecule has 0 saturated heterocycles. The number of carbonyl (C=O) groups excluding carboxylic acids is 1. The van der Waals surface area contributed by atoms with Gasteiger partial charge in [0.05, 0.1) is 35.3 Å². The van der Waals surface area contributed by atoms with Gasteiger partial charge in [-0.05, 0) is 57.7 Å². The molecule has 1 aromatic carbocycles. The van der Waals surface area contributed by atoms with Crippen molar-refractivity contribution in [1.82, 2.24) is 34.4 Å². The zero-order chi connectivity index (χ0) is 28.3. The van der Waals surface area contributed by atoms with Gasteiger partial charge in [0.1, 0.15) is 12.1 Å². The van der Waals surface area contributed by atoms with E-state index in [2.05, 4.69) is 65.1 Å². The van der Waals surface area contributed by atoms with Crippen molar-refractivity contribution in [2.24, 2.45) is 0 Å². The maximum atomic E-state index is 12.8. The standard InChI is InChI=1S/C30H38N8O2/c1-21-14-23(7-6-22(21)8-9-27(40)24-17-33-38(18-24)30(2,3)4)26-16-28(32-20-31-26)34-29-15-25-19-36(12-13-39)10-5-11-37(25)35-29/h6-7,14-18,20,39H,5,8-13,19H2,1-4H3,(H,31,32,34,35). The van der Waals surface area contributed by atoms with Crippen molar-refractivity contribution in [2.75, 3.05) is 25.0 Å². The van der Waals surface area contributed by atoms with E-state index in [1.807, 2.05) is 33.8 Å². The molecule has 0 fully saturated rings. The molecule has 3 aromatic heterocycles. The molecule has 1 aliphatic heterocycles. The summed E-state index contributed by atoms with van der Waals surface area (Å²) in [6.07, 6.45) is 7.16. The normalized spacial score (nSPS) is 14.1. The molecule has 0 amide bonds. The molecule has 0 bridgehead atoms. The van der Waals surface area contributed by atoms with Crippen LogP contribution in [0.3, 0.4) is 0 Å². The van der Waals surface area contributed by atoms with Gasteiger partial charge in [-0.3, -0.25) is 19.1 Å². The third-order valence-electron chi connectivity index (χ3n) is 7.28. The van der Waals surface area contributed by atoms with E-state index in [1.165, 1.54) is 0 Å². The van der Waals surface area contributed by atoms with Crippen molar-refractivity contribution in [3.05, 3.63) is 71.4 Å². The molecule has 2 N–H and O–H groups in total. The molecule has 210 valence electrons. The Morgan fingerprint density at radius 3 is 2.70 bits per heavy atom. The van der Waals surface area contributed by atoms with E-state index in [0.717, 1.165) is 60.0 Å². The molecule has 40 heavy (non-hydrogen) atoms. The highest BCUT2D eigenvalue weighted by Crippen LogP contribution is 2.25. The molecule has 0 radical (unpaired) electrons. The summed E-state index contributed by atoms with van der Waals surface area (Å²) < 4.78 is 3.87. The lowest BCUT2D eigenvalue weighted by molar-refractivity contribution is 0.0982. The number of β-amino-alcohol motifs (C(OH)–C–C–N with tert-alkyl or cyclic N) is 1. The molecular weight excluding hydrogens is 504 g/mol. The van der Waals surface area contributed by atoms with E-state index >= 15 is 0 Å². The van der Waals surface area contributed by atoms with E-state index in [-0.39, 0.29) is 17.9 Å². The third-order valence-corrected chi connectivity index (χ3v) is 7.28. The Bertz CT molecular complexity index is 1480. The lowest BCUT2D eigenvalue weighted by Crippen LogP contribution is -2.26. The number of hydrogen-bond acceptors (Lipinski definition) is 8. The fraction of sp³-hybridized carbons (Fsp3) is 0.433. The molecule has 0 spiro atoms. The van der Waals surface area contributed by atoms with E-state index in [1.54, 1.807) is 12.5 Å². The lowest BCUT2D eigenvalue weighted by atomic mass is 9.98. The van der Waals surface area contributed by atoms with Crippen LogP contribution in [0.5, 0.6) is 0 Å². The van der Waals surface area contributed by atoms with Crippen LogP contribution in [0.1, 0.15) is 60.8 Å². The molecular formula is C30H38N8O2. The molecule has 0 unspecified atom stereocenters. The Balaban J connectivity index is 1.24. The SMILES string of the molecule is Cc1cc(-c2cc(Nc3cc4n(n3)CCCN(CCO)C4)ncn2)ccc1CCC(=O)c1cnn(C(C)(C)C)c1. The summed E-state index contributed by atoms with van der Waals surface area (Å²) >= 11 is 0. The smallest absolute Gasteiger partial charge is 0.166 e. The minimum atomic E-state index is -0.151. The Morgan fingerprint density at radius 2 is 1.95 bits per heavy atom. The molecule has 0 atom stereocenters. The molecule has 0 saturated carbocycles. The highest BCUT2D eigenvalue weighted by Gasteiger charge is 2.18. The number of rotatable bonds is 9. The lowest BCUT2D eigenvalue weighted by Gasteiger charge is -2.18. The summed E-state index contributed by atoms with van der Waals surface area (Å²) in [5.41, 5.74) is 5.69. The van der Waals surface area contributed by atoms with Gasteiger partial charge in [0.2, 0.25) is 0 Å². The number of nitrogens with one attached hydrogen (secondary N) is 1. The Hall–Kier alpha value is -3.89. The van der Waals surface area contributed by atoms with Gasteiger partial charge >= 0.3 is 0 Å². The minimum absolute atomic E-state index is 0.100. The first-order chi connectivity index (χ1) is 19.2. The number of aliphatic hydroxyl groups excluding tert-OH is 1. The largest absolute Gasteiger partial charge is 0.395 e. The number of aromatic nitrogens is 6. The second-order valence-electron chi connectivity index (χ2n) is 11.4. The van der Waals surface area contributed by atoms with Gasteiger partial charge < -0.3 is 10.4 Å². The van der Waals surface area contributed by atoms with Crippen molar-refractivity contribution in [1.29, 1.82) is 0 Å². The molecule has 4 heterocycles. The number of anilines is 2. The summed E-state index contributed by atoms with van der Waals surface area (Å²) in [6, 6.07) is 10.2. The van der Waals surface area contributed by atoms with Crippen molar-refractivity contribution in [2.45, 2.75) is 65.6 Å². The summed E-state index contributed by atoms with van der Waals surface area (Å²) in [4.78, 5) is 23.9. The number of hydrogen-bond donors (Lipinski definition) is 2. The van der Waals surface area contributed by atoms with Crippen LogP contribution in [0, 0.1) is 6.92 Å². The number of ketones is 1. The second kappa shape index (κ2) is 11.7. The highest BCUT2D eigenvalue weighted by molar-refractivity contribution is 5.95. The van der Waals surface area contributed by atoms with Gasteiger partial charge in [-0.2, -0.15) is 10.2 Å². The first-order valence-electron chi connectivity index (χ1n) is 13.9. The Labute approximate surface area is 235 Å².